The van der Waals surface area contributed by atoms with E-state index in [-0.39, 0.29) is 23.1 Å². The molecule has 0 bridgehead atoms. The van der Waals surface area contributed by atoms with Gasteiger partial charge in [0.25, 0.3) is 0 Å². The number of aromatic hydroxyl groups is 1. The number of allylic oxidation sites excluding steroid dienone is 2. The number of piperidine rings is 1. The molecule has 3 aliphatic rings. The minimum atomic E-state index is -0.196. The molecule has 148 valence electrons. The first-order valence-electron chi connectivity index (χ1n) is 10.3. The van der Waals surface area contributed by atoms with Crippen LogP contribution < -0.4 is 5.32 Å². The van der Waals surface area contributed by atoms with E-state index in [9.17, 15) is 9.90 Å². The molecule has 4 heteroatoms. The van der Waals surface area contributed by atoms with Gasteiger partial charge in [0.15, 0.2) is 5.78 Å². The van der Waals surface area contributed by atoms with E-state index in [1.165, 1.54) is 22.4 Å². The van der Waals surface area contributed by atoms with Gasteiger partial charge in [-0.15, -0.1) is 0 Å². The second kappa shape index (κ2) is 6.24. The minimum Gasteiger partial charge on any atom is -0.507 e. The van der Waals surface area contributed by atoms with Crippen molar-refractivity contribution >= 4 is 11.5 Å². The molecule has 29 heavy (non-hydrogen) atoms. The zero-order valence-electron chi connectivity index (χ0n) is 17.1. The lowest BCUT2D eigenvalue weighted by Gasteiger charge is -2.53. The Kier molecular flexibility index (Phi) is 3.89. The third-order valence-corrected chi connectivity index (χ3v) is 7.08. The van der Waals surface area contributed by atoms with Crippen LogP contribution in [-0.2, 0) is 0 Å². The highest BCUT2D eigenvalue weighted by Crippen LogP contribution is 2.51. The van der Waals surface area contributed by atoms with Crippen molar-refractivity contribution < 1.29 is 9.90 Å². The van der Waals surface area contributed by atoms with Gasteiger partial charge in [-0.05, 0) is 62.6 Å². The van der Waals surface area contributed by atoms with Gasteiger partial charge in [-0.3, -0.25) is 4.79 Å². The summed E-state index contributed by atoms with van der Waals surface area (Å²) in [6.45, 7) is 7.45. The number of rotatable bonds is 2. The summed E-state index contributed by atoms with van der Waals surface area (Å²) in [6.07, 6.45) is 5.04. The van der Waals surface area contributed by atoms with Crippen LogP contribution in [0.5, 0.6) is 5.75 Å². The first-order valence-corrected chi connectivity index (χ1v) is 10.3. The zero-order chi connectivity index (χ0) is 20.3. The van der Waals surface area contributed by atoms with Crippen molar-refractivity contribution in [3.8, 4) is 5.75 Å². The number of hydrogen-bond acceptors (Lipinski definition) is 4. The molecule has 0 spiro atoms. The van der Waals surface area contributed by atoms with Crippen LogP contribution >= 0.6 is 0 Å². The monoisotopic (exact) mass is 386 g/mol. The number of para-hydroxylation sites is 1. The van der Waals surface area contributed by atoms with Crippen LogP contribution in [0.1, 0.15) is 47.7 Å². The fourth-order valence-electron chi connectivity index (χ4n) is 5.31. The van der Waals surface area contributed by atoms with Crippen molar-refractivity contribution in [1.29, 1.82) is 0 Å². The van der Waals surface area contributed by atoms with Gasteiger partial charge in [0.05, 0.1) is 17.1 Å². The van der Waals surface area contributed by atoms with Crippen molar-refractivity contribution in [2.45, 2.75) is 44.7 Å². The third-order valence-electron chi connectivity index (χ3n) is 7.08. The summed E-state index contributed by atoms with van der Waals surface area (Å²) >= 11 is 0. The van der Waals surface area contributed by atoms with E-state index in [0.717, 1.165) is 13.0 Å². The number of Topliss-reactive ketones (excluding diaryl/α,β-unsaturated/α-hetero) is 1. The lowest BCUT2D eigenvalue weighted by Crippen LogP contribution is -2.61. The van der Waals surface area contributed by atoms with E-state index < -0.39 is 0 Å². The largest absolute Gasteiger partial charge is 0.507 e. The number of ketones is 1. The van der Waals surface area contributed by atoms with Crippen LogP contribution in [-0.4, -0.2) is 33.9 Å². The summed E-state index contributed by atoms with van der Waals surface area (Å²) in [5, 5.41) is 13.9. The summed E-state index contributed by atoms with van der Waals surface area (Å²) in [5.74, 6) is 0.364. The number of nitrogens with zero attached hydrogens (tertiary/aromatic N) is 1. The normalized spacial score (nSPS) is 27.2. The Morgan fingerprint density at radius 2 is 2.00 bits per heavy atom. The van der Waals surface area contributed by atoms with Crippen molar-refractivity contribution in [3.63, 3.8) is 0 Å². The average molecular weight is 386 g/mol. The Hall–Kier alpha value is -3.01. The SMILES string of the molecule is CC1=CC(C(=O)c2ccccc2O)=CN2CCC3c4cc(C)ccc4NC3C12C. The van der Waals surface area contributed by atoms with Gasteiger partial charge in [0.2, 0.25) is 0 Å². The number of anilines is 1. The molecule has 3 heterocycles. The second-order valence-electron chi connectivity index (χ2n) is 8.71. The molecule has 0 aromatic heterocycles. The predicted octanol–water partition coefficient (Wildman–Crippen LogP) is 4.77. The number of phenols is 1. The molecule has 5 rings (SSSR count). The van der Waals surface area contributed by atoms with E-state index in [1.54, 1.807) is 24.3 Å². The van der Waals surface area contributed by atoms with Crippen LogP contribution in [0.25, 0.3) is 0 Å². The van der Waals surface area contributed by atoms with Gasteiger partial charge < -0.3 is 15.3 Å². The first-order chi connectivity index (χ1) is 13.9. The Labute approximate surface area is 171 Å². The van der Waals surface area contributed by atoms with Crippen LogP contribution in [0.2, 0.25) is 0 Å². The topological polar surface area (TPSA) is 52.6 Å². The lowest BCUT2D eigenvalue weighted by molar-refractivity contribution is 0.0993. The molecular formula is C25H26N2O2. The fourth-order valence-corrected chi connectivity index (χ4v) is 5.31. The molecule has 3 aliphatic heterocycles. The third kappa shape index (κ3) is 2.55. The maximum absolute atomic E-state index is 13.1. The van der Waals surface area contributed by atoms with Gasteiger partial charge in [0, 0.05) is 29.9 Å². The summed E-state index contributed by atoms with van der Waals surface area (Å²) in [4.78, 5) is 15.4. The molecule has 2 aromatic carbocycles. The molecule has 1 fully saturated rings. The van der Waals surface area contributed by atoms with Crippen LogP contribution in [0.3, 0.4) is 0 Å². The highest BCUT2D eigenvalue weighted by molar-refractivity contribution is 6.12. The number of nitrogens with one attached hydrogen (secondary N) is 1. The van der Waals surface area contributed by atoms with Gasteiger partial charge in [-0.25, -0.2) is 0 Å². The Bertz CT molecular complexity index is 1080. The number of hydrogen-bond donors (Lipinski definition) is 2. The smallest absolute Gasteiger partial charge is 0.198 e. The number of benzene rings is 2. The quantitative estimate of drug-likeness (QED) is 0.730. The van der Waals surface area contributed by atoms with Crippen molar-refractivity contribution in [2.75, 3.05) is 11.9 Å². The van der Waals surface area contributed by atoms with Crippen LogP contribution in [0.15, 0.2) is 65.9 Å². The van der Waals surface area contributed by atoms with E-state index in [2.05, 4.69) is 49.2 Å². The lowest BCUT2D eigenvalue weighted by atomic mass is 9.70. The first kappa shape index (κ1) is 18.0. The Morgan fingerprint density at radius 3 is 2.79 bits per heavy atom. The number of carbonyl (C=O) groups is 1. The molecule has 0 aliphatic carbocycles. The summed E-state index contributed by atoms with van der Waals surface area (Å²) in [5.41, 5.74) is 5.91. The number of aryl methyl sites for hydroxylation is 1. The molecule has 4 nitrogen and oxygen atoms in total. The van der Waals surface area contributed by atoms with Crippen molar-refractivity contribution in [1.82, 2.24) is 4.90 Å². The molecule has 3 unspecified atom stereocenters. The highest BCUT2D eigenvalue weighted by Gasteiger charge is 2.52. The van der Waals surface area contributed by atoms with E-state index in [0.29, 0.717) is 17.1 Å². The summed E-state index contributed by atoms with van der Waals surface area (Å²) < 4.78 is 0. The molecule has 0 radical (unpaired) electrons. The maximum atomic E-state index is 13.1. The standard InChI is InChI=1S/C25H26N2O2/c1-15-8-9-21-20(12-15)18-10-11-27-14-17(13-16(2)25(27,3)24(18)26-21)23(29)19-6-4-5-7-22(19)28/h4-9,12-14,18,24,26,28H,10-11H2,1-3H3. The minimum absolute atomic E-state index is 0.0276. The van der Waals surface area contributed by atoms with E-state index in [4.69, 9.17) is 0 Å². The Morgan fingerprint density at radius 1 is 1.21 bits per heavy atom. The number of phenolic OH excluding ortho intramolecular Hbond substituents is 1. The number of carbonyl (C=O) groups excluding carboxylic acids is 1. The molecule has 2 N–H and O–H groups in total. The van der Waals surface area contributed by atoms with Gasteiger partial charge >= 0.3 is 0 Å². The van der Waals surface area contributed by atoms with Gasteiger partial charge in [-0.2, -0.15) is 0 Å². The molecule has 2 aromatic rings. The molecule has 1 saturated heterocycles. The van der Waals surface area contributed by atoms with Crippen molar-refractivity contribution in [2.24, 2.45) is 0 Å². The van der Waals surface area contributed by atoms with Gasteiger partial charge in [0.1, 0.15) is 5.75 Å². The Balaban J connectivity index is 1.51. The van der Waals surface area contributed by atoms with Crippen molar-refractivity contribution in [3.05, 3.63) is 82.6 Å². The van der Waals surface area contributed by atoms with E-state index >= 15 is 0 Å². The molecular weight excluding hydrogens is 360 g/mol. The highest BCUT2D eigenvalue weighted by atomic mass is 16.3. The fraction of sp³-hybridized carbons (Fsp3) is 0.320. The zero-order valence-corrected chi connectivity index (χ0v) is 17.1. The molecule has 0 amide bonds. The number of fused-ring (bicyclic) bond motifs is 5. The summed E-state index contributed by atoms with van der Waals surface area (Å²) in [6, 6.07) is 13.7. The molecule has 3 atom stereocenters. The molecule has 0 saturated carbocycles. The maximum Gasteiger partial charge on any atom is 0.198 e. The van der Waals surface area contributed by atoms with Crippen LogP contribution in [0.4, 0.5) is 5.69 Å². The van der Waals surface area contributed by atoms with E-state index in [1.807, 2.05) is 12.3 Å². The summed E-state index contributed by atoms with van der Waals surface area (Å²) in [7, 11) is 0. The van der Waals surface area contributed by atoms with Crippen LogP contribution in [0, 0.1) is 6.92 Å². The second-order valence-corrected chi connectivity index (χ2v) is 8.71. The average Bonchev–Trinajstić information content (AvgIpc) is 3.07. The van der Waals surface area contributed by atoms with Gasteiger partial charge in [-0.1, -0.05) is 29.8 Å². The predicted molar refractivity (Wildman–Crippen MR) is 115 cm³/mol.